The first-order valence-corrected chi connectivity index (χ1v) is 9.91. The molecule has 0 amide bonds. The number of hydrogen-bond acceptors (Lipinski definition) is 12. The van der Waals surface area contributed by atoms with Crippen LogP contribution in [0.25, 0.3) is 11.4 Å². The highest BCUT2D eigenvalue weighted by Gasteiger charge is 2.33. The highest BCUT2D eigenvalue weighted by atomic mass is 19.4. The molecule has 0 fully saturated rings. The summed E-state index contributed by atoms with van der Waals surface area (Å²) < 4.78 is 38.9. The summed E-state index contributed by atoms with van der Waals surface area (Å²) in [6.45, 7) is 0. The molecule has 0 saturated carbocycles. The number of nitro groups is 1. The summed E-state index contributed by atoms with van der Waals surface area (Å²) in [5, 5.41) is 69.3. The van der Waals surface area contributed by atoms with Gasteiger partial charge >= 0.3 is 6.18 Å². The van der Waals surface area contributed by atoms with Gasteiger partial charge in [0.05, 0.1) is 33.3 Å². The van der Waals surface area contributed by atoms with Gasteiger partial charge in [-0.25, -0.2) is 10.7 Å². The van der Waals surface area contributed by atoms with Gasteiger partial charge in [0.25, 0.3) is 5.69 Å². The highest BCUT2D eigenvalue weighted by molar-refractivity contribution is 5.65. The Morgan fingerprint density at radius 3 is 2.46 bits per heavy atom. The van der Waals surface area contributed by atoms with Crippen molar-refractivity contribution in [3.8, 4) is 11.4 Å². The van der Waals surface area contributed by atoms with Gasteiger partial charge in [0.1, 0.15) is 11.7 Å². The van der Waals surface area contributed by atoms with Gasteiger partial charge in [0.15, 0.2) is 0 Å². The molecule has 18 heteroatoms. The van der Waals surface area contributed by atoms with Gasteiger partial charge in [-0.15, -0.1) is 0 Å². The van der Waals surface area contributed by atoms with Crippen molar-refractivity contribution in [3.05, 3.63) is 96.5 Å². The molecule has 1 aliphatic heterocycles. The number of hydrazine groups is 1. The Labute approximate surface area is 204 Å². The normalized spacial score (nSPS) is 13.3. The molecular weight excluding hydrogens is 509 g/mol. The van der Waals surface area contributed by atoms with Crippen LogP contribution in [0.2, 0.25) is 0 Å². The number of aromatic nitrogens is 2. The number of rotatable bonds is 8. The summed E-state index contributed by atoms with van der Waals surface area (Å²) in [5.41, 5.74) is 0.944. The van der Waals surface area contributed by atoms with Crippen molar-refractivity contribution in [2.45, 2.75) is 12.2 Å². The maximum absolute atomic E-state index is 13.0. The van der Waals surface area contributed by atoms with Gasteiger partial charge in [-0.05, 0) is 24.1 Å². The van der Waals surface area contributed by atoms with Crippen LogP contribution in [0.4, 0.5) is 24.5 Å². The van der Waals surface area contributed by atoms with E-state index in [1.165, 1.54) is 19.2 Å². The van der Waals surface area contributed by atoms with Crippen molar-refractivity contribution >= 4 is 11.4 Å². The Hall–Kier alpha value is -4.65. The number of nitrogens with one attached hydrogen (secondary N) is 4. The van der Waals surface area contributed by atoms with Crippen molar-refractivity contribution in [1.29, 1.82) is 0 Å². The number of alkyl halides is 3. The van der Waals surface area contributed by atoms with E-state index in [4.69, 9.17) is 0 Å². The molecule has 0 radical (unpaired) electrons. The Balaban J connectivity index is 2.13. The van der Waals surface area contributed by atoms with E-state index in [9.17, 15) is 49.2 Å². The van der Waals surface area contributed by atoms with Crippen LogP contribution in [0.3, 0.4) is 0 Å². The molecule has 37 heavy (non-hydrogen) atoms. The van der Waals surface area contributed by atoms with Crippen LogP contribution in [0, 0.1) is 25.7 Å². The van der Waals surface area contributed by atoms with Crippen LogP contribution < -0.4 is 31.5 Å². The second-order valence-corrected chi connectivity index (χ2v) is 7.23. The summed E-state index contributed by atoms with van der Waals surface area (Å²) in [4.78, 5) is 16.2. The number of H-pyrrole nitrogens is 1. The van der Waals surface area contributed by atoms with Gasteiger partial charge in [0.2, 0.25) is 5.36 Å². The summed E-state index contributed by atoms with van der Waals surface area (Å²) in [7, 11) is 1.27. The minimum absolute atomic E-state index is 0.0566. The van der Waals surface area contributed by atoms with Gasteiger partial charge < -0.3 is 41.7 Å². The zero-order valence-electron chi connectivity index (χ0n) is 18.4. The van der Waals surface area contributed by atoms with Crippen LogP contribution in [0.15, 0.2) is 54.2 Å². The van der Waals surface area contributed by atoms with Crippen molar-refractivity contribution in [3.63, 3.8) is 0 Å². The minimum atomic E-state index is -4.89. The van der Waals surface area contributed by atoms with Crippen molar-refractivity contribution in [1.82, 2.24) is 30.9 Å². The monoisotopic (exact) mass is 525 g/mol. The maximum atomic E-state index is 13.0. The lowest BCUT2D eigenvalue weighted by Crippen LogP contribution is -2.39. The van der Waals surface area contributed by atoms with E-state index in [-0.39, 0.29) is 28.5 Å². The molecule has 1 heterocycles. The topological polar surface area (TPSA) is 227 Å². The molecule has 5 N–H and O–H groups in total. The third-order valence-corrected chi connectivity index (χ3v) is 4.88. The number of hydrogen-bond donors (Lipinski definition) is 5. The van der Waals surface area contributed by atoms with Crippen LogP contribution in [0.5, 0.6) is 0 Å². The second kappa shape index (κ2) is 10.5. The van der Waals surface area contributed by atoms with E-state index in [2.05, 4.69) is 20.8 Å². The van der Waals surface area contributed by atoms with Gasteiger partial charge in [-0.1, -0.05) is 0 Å². The third-order valence-electron chi connectivity index (χ3n) is 4.88. The predicted octanol–water partition coefficient (Wildman–Crippen LogP) is 0.805. The summed E-state index contributed by atoms with van der Waals surface area (Å²) in [6, 6.07) is 3.05. The lowest BCUT2D eigenvalue weighted by molar-refractivity contribution is -0.384. The molecule has 0 spiro atoms. The lowest BCUT2D eigenvalue weighted by atomic mass is 10.1. The van der Waals surface area contributed by atoms with Crippen LogP contribution in [-0.4, -0.2) is 32.4 Å². The molecule has 1 aromatic rings. The van der Waals surface area contributed by atoms with Gasteiger partial charge in [-0.3, -0.25) is 15.1 Å². The van der Waals surface area contributed by atoms with E-state index in [1.54, 1.807) is 0 Å². The number of hydroxylamine groups is 2. The molecule has 1 aliphatic carbocycles. The molecule has 15 nitrogen and oxygen atoms in total. The number of aromatic amines is 1. The molecule has 3 rings (SSSR count). The number of halogens is 3. The van der Waals surface area contributed by atoms with Crippen LogP contribution in [0.1, 0.15) is 17.3 Å². The van der Waals surface area contributed by atoms with E-state index in [1.807, 2.05) is 5.32 Å². The van der Waals surface area contributed by atoms with Crippen molar-refractivity contribution in [2.75, 3.05) is 12.4 Å². The smallest absolute Gasteiger partial charge is 0.416 e. The Kier molecular flexibility index (Phi) is 7.67. The number of nitrogens with zero attached hydrogens (tertiary/aromatic N) is 4. The Morgan fingerprint density at radius 2 is 1.89 bits per heavy atom. The standard InChI is InChI=1S/C19H17F3N8O7/c1-23-27-16(18(31)26-12-4-2-9(19(20,21)22)6-15(12)29(34)35)17(30(36)37)14-8-24-11-5-3-10(28(32)33)7-13(11)25-14/h2-8,17,23,25-27,36H,1H3,(H-,24,31,32,33)/q-2/p-1. The van der Waals surface area contributed by atoms with E-state index in [0.717, 1.165) is 12.3 Å². The third kappa shape index (κ3) is 5.95. The van der Waals surface area contributed by atoms with Crippen molar-refractivity contribution in [2.24, 2.45) is 0 Å². The second-order valence-electron chi connectivity index (χ2n) is 7.23. The first-order chi connectivity index (χ1) is 17.3. The highest BCUT2D eigenvalue weighted by Crippen LogP contribution is 2.36. The average Bonchev–Trinajstić information content (AvgIpc) is 2.82. The predicted molar refractivity (Wildman–Crippen MR) is 118 cm³/mol. The van der Waals surface area contributed by atoms with E-state index >= 15 is 0 Å². The van der Waals surface area contributed by atoms with Crippen LogP contribution >= 0.6 is 0 Å². The largest absolute Gasteiger partial charge is 0.859 e. The number of benzene rings is 2. The Morgan fingerprint density at radius 1 is 1.19 bits per heavy atom. The fourth-order valence-electron chi connectivity index (χ4n) is 3.24. The fourth-order valence-corrected chi connectivity index (χ4v) is 3.24. The Bertz CT molecular complexity index is 1370. The molecule has 0 aromatic heterocycles. The summed E-state index contributed by atoms with van der Waals surface area (Å²) in [5.74, 6) is -1.26. The van der Waals surface area contributed by atoms with Crippen molar-refractivity contribution < 1.29 is 28.4 Å². The molecule has 1 aromatic carbocycles. The van der Waals surface area contributed by atoms with Gasteiger partial charge in [-0.2, -0.15) is 18.1 Å². The molecule has 198 valence electrons. The first-order valence-electron chi connectivity index (χ1n) is 9.91. The molecule has 1 unspecified atom stereocenters. The van der Waals surface area contributed by atoms with Crippen LogP contribution in [-0.2, 0) is 6.18 Å². The summed E-state index contributed by atoms with van der Waals surface area (Å²) in [6.07, 6.45) is -3.84. The zero-order chi connectivity index (χ0) is 27.5. The quantitative estimate of drug-likeness (QED) is 0.156. The molecule has 1 atom stereocenters. The number of nitro benzene ring substituents is 1. The number of fused-ring (bicyclic) bond motifs is 1. The number of anilines is 1. The molecule has 0 saturated heterocycles. The van der Waals surface area contributed by atoms with E-state index < -0.39 is 55.8 Å². The fraction of sp³-hybridized carbons (Fsp3) is 0.158. The molecular formula is C19H16F3N8O7-3. The minimum Gasteiger partial charge on any atom is -0.859 e. The zero-order valence-corrected chi connectivity index (χ0v) is 18.4. The first kappa shape index (κ1) is 26.9. The molecule has 2 aliphatic rings. The SMILES string of the molecule is CNNC(=C([O-])Nc1ccc(C(F)(F)F)cc1[N+](=O)[O-])C(c1cnc2ccc(=[N+]([O-])[O-])cc-2[nH]1)N([O-])O. The summed E-state index contributed by atoms with van der Waals surface area (Å²) >= 11 is 0. The molecule has 0 bridgehead atoms. The van der Waals surface area contributed by atoms with Gasteiger partial charge in [0, 0.05) is 31.4 Å². The average molecular weight is 525 g/mol. The van der Waals surface area contributed by atoms with E-state index in [0.29, 0.717) is 12.1 Å². The lowest BCUT2D eigenvalue weighted by Gasteiger charge is -2.36. The maximum Gasteiger partial charge on any atom is 0.416 e.